The molecule has 0 heterocycles. The third-order valence-electron chi connectivity index (χ3n) is 3.67. The number of carbonyl (C=O) groups is 1. The zero-order chi connectivity index (χ0) is 15.5. The van der Waals surface area contributed by atoms with Crippen LogP contribution in [0.5, 0.6) is 0 Å². The monoisotopic (exact) mass is 291 g/mol. The molecule has 0 saturated heterocycles. The van der Waals surface area contributed by atoms with Gasteiger partial charge in [0.15, 0.2) is 0 Å². The van der Waals surface area contributed by atoms with Gasteiger partial charge in [0.2, 0.25) is 0 Å². The van der Waals surface area contributed by atoms with E-state index in [0.717, 1.165) is 19.4 Å². The quantitative estimate of drug-likeness (QED) is 0.922. The van der Waals surface area contributed by atoms with Gasteiger partial charge in [-0.05, 0) is 44.7 Å². The fourth-order valence-electron chi connectivity index (χ4n) is 2.85. The Hall–Kier alpha value is -1.55. The van der Waals surface area contributed by atoms with E-state index < -0.39 is 5.60 Å². The highest BCUT2D eigenvalue weighted by Crippen LogP contribution is 2.37. The lowest BCUT2D eigenvalue weighted by Gasteiger charge is -2.32. The average Bonchev–Trinajstić information content (AvgIpc) is 2.40. The molecule has 1 aliphatic carbocycles. The van der Waals surface area contributed by atoms with E-state index in [1.54, 1.807) is 7.11 Å². The van der Waals surface area contributed by atoms with Gasteiger partial charge in [-0.1, -0.05) is 24.3 Å². The normalized spacial score (nSPS) is 21.5. The zero-order valence-electron chi connectivity index (χ0n) is 13.3. The van der Waals surface area contributed by atoms with E-state index in [4.69, 9.17) is 9.47 Å². The van der Waals surface area contributed by atoms with Crippen LogP contribution in [-0.4, -0.2) is 25.4 Å². The van der Waals surface area contributed by atoms with Crippen molar-refractivity contribution in [1.82, 2.24) is 5.32 Å². The largest absolute Gasteiger partial charge is 0.444 e. The van der Waals surface area contributed by atoms with E-state index in [0.29, 0.717) is 5.92 Å². The van der Waals surface area contributed by atoms with Gasteiger partial charge in [0.05, 0.1) is 12.6 Å². The summed E-state index contributed by atoms with van der Waals surface area (Å²) in [4.78, 5) is 12.0. The molecule has 1 aliphatic rings. The molecule has 4 heteroatoms. The van der Waals surface area contributed by atoms with E-state index in [-0.39, 0.29) is 12.1 Å². The first kappa shape index (κ1) is 15.8. The maximum atomic E-state index is 12.0. The Morgan fingerprint density at radius 2 is 1.90 bits per heavy atom. The molecule has 0 aromatic heterocycles. The summed E-state index contributed by atoms with van der Waals surface area (Å²) in [6.45, 7) is 6.33. The molecule has 1 aromatic carbocycles. The lowest BCUT2D eigenvalue weighted by molar-refractivity contribution is 0.0495. The molecule has 0 fully saturated rings. The van der Waals surface area contributed by atoms with Crippen LogP contribution >= 0.6 is 0 Å². The van der Waals surface area contributed by atoms with Crippen LogP contribution in [0.1, 0.15) is 56.7 Å². The molecule has 4 nitrogen and oxygen atoms in total. The van der Waals surface area contributed by atoms with E-state index in [2.05, 4.69) is 17.4 Å². The summed E-state index contributed by atoms with van der Waals surface area (Å²) in [6.07, 6.45) is 1.56. The summed E-state index contributed by atoms with van der Waals surface area (Å²) in [5, 5.41) is 2.99. The van der Waals surface area contributed by atoms with E-state index in [1.165, 1.54) is 11.1 Å². The predicted molar refractivity (Wildman–Crippen MR) is 82.4 cm³/mol. The van der Waals surface area contributed by atoms with Crippen LogP contribution in [-0.2, 0) is 9.47 Å². The molecule has 0 bridgehead atoms. The Morgan fingerprint density at radius 3 is 2.52 bits per heavy atom. The summed E-state index contributed by atoms with van der Waals surface area (Å²) in [5.41, 5.74) is 1.97. The number of nitrogens with one attached hydrogen (secondary N) is 1. The van der Waals surface area contributed by atoms with Crippen LogP contribution in [0, 0.1) is 0 Å². The molecule has 0 spiro atoms. The number of rotatable bonds is 3. The zero-order valence-corrected chi connectivity index (χ0v) is 13.3. The topological polar surface area (TPSA) is 47.6 Å². The lowest BCUT2D eigenvalue weighted by Crippen LogP contribution is -2.36. The molecular formula is C17H25NO3. The van der Waals surface area contributed by atoms with Crippen molar-refractivity contribution in [1.29, 1.82) is 0 Å². The third-order valence-corrected chi connectivity index (χ3v) is 3.67. The Bertz CT molecular complexity index is 493. The minimum atomic E-state index is -0.475. The first-order valence-corrected chi connectivity index (χ1v) is 7.48. The lowest BCUT2D eigenvalue weighted by atomic mass is 9.80. The van der Waals surface area contributed by atoms with E-state index >= 15 is 0 Å². The van der Waals surface area contributed by atoms with Crippen molar-refractivity contribution in [3.05, 3.63) is 35.4 Å². The minimum Gasteiger partial charge on any atom is -0.444 e. The van der Waals surface area contributed by atoms with Gasteiger partial charge in [-0.25, -0.2) is 4.79 Å². The number of hydrogen-bond acceptors (Lipinski definition) is 3. The van der Waals surface area contributed by atoms with Crippen molar-refractivity contribution >= 4 is 6.09 Å². The summed E-state index contributed by atoms with van der Waals surface area (Å²) in [5.74, 6) is 0.405. The first-order chi connectivity index (χ1) is 9.90. The second-order valence-corrected chi connectivity index (χ2v) is 6.56. The van der Waals surface area contributed by atoms with E-state index in [1.807, 2.05) is 32.9 Å². The second-order valence-electron chi connectivity index (χ2n) is 6.56. The fraction of sp³-hybridized carbons (Fsp3) is 0.588. The highest BCUT2D eigenvalue weighted by Gasteiger charge is 2.29. The molecular weight excluding hydrogens is 266 g/mol. The van der Waals surface area contributed by atoms with Crippen molar-refractivity contribution in [2.75, 3.05) is 13.7 Å². The number of carbonyl (C=O) groups excluding carboxylic acids is 1. The molecule has 21 heavy (non-hydrogen) atoms. The Balaban J connectivity index is 2.12. The van der Waals surface area contributed by atoms with E-state index in [9.17, 15) is 4.79 Å². The van der Waals surface area contributed by atoms with Gasteiger partial charge in [0.1, 0.15) is 5.60 Å². The van der Waals surface area contributed by atoms with Crippen LogP contribution in [0.15, 0.2) is 24.3 Å². The Morgan fingerprint density at radius 1 is 1.24 bits per heavy atom. The van der Waals surface area contributed by atoms with Crippen molar-refractivity contribution in [3.63, 3.8) is 0 Å². The fourth-order valence-corrected chi connectivity index (χ4v) is 2.85. The Labute approximate surface area is 126 Å². The Kier molecular flexibility index (Phi) is 4.88. The number of benzene rings is 1. The van der Waals surface area contributed by atoms with Gasteiger partial charge in [0.25, 0.3) is 0 Å². The van der Waals surface area contributed by atoms with Crippen LogP contribution in [0.3, 0.4) is 0 Å². The number of hydrogen-bond donors (Lipinski definition) is 1. The second kappa shape index (κ2) is 6.48. The van der Waals surface area contributed by atoms with Crippen molar-refractivity contribution in [2.24, 2.45) is 0 Å². The number of ether oxygens (including phenoxy) is 2. The molecule has 1 aromatic rings. The van der Waals surface area contributed by atoms with Crippen LogP contribution < -0.4 is 5.32 Å². The third kappa shape index (κ3) is 4.21. The molecule has 2 rings (SSSR count). The van der Waals surface area contributed by atoms with Gasteiger partial charge >= 0.3 is 6.09 Å². The van der Waals surface area contributed by atoms with Crippen molar-refractivity contribution < 1.29 is 14.3 Å². The summed E-state index contributed by atoms with van der Waals surface area (Å²) >= 11 is 0. The number of amides is 1. The highest BCUT2D eigenvalue weighted by atomic mass is 16.6. The molecule has 0 aliphatic heterocycles. The molecule has 0 saturated carbocycles. The van der Waals surface area contributed by atoms with Gasteiger partial charge < -0.3 is 14.8 Å². The van der Waals surface area contributed by atoms with Crippen LogP contribution in [0.25, 0.3) is 0 Å². The smallest absolute Gasteiger partial charge is 0.408 e. The van der Waals surface area contributed by atoms with Gasteiger partial charge in [-0.3, -0.25) is 0 Å². The molecule has 1 N–H and O–H groups in total. The average molecular weight is 291 g/mol. The summed E-state index contributed by atoms with van der Waals surface area (Å²) < 4.78 is 10.7. The molecule has 1 amide bonds. The van der Waals surface area contributed by atoms with Gasteiger partial charge in [-0.15, -0.1) is 0 Å². The molecule has 0 radical (unpaired) electrons. The van der Waals surface area contributed by atoms with Crippen molar-refractivity contribution in [3.8, 4) is 0 Å². The summed E-state index contributed by atoms with van der Waals surface area (Å²) in [7, 11) is 1.73. The van der Waals surface area contributed by atoms with Crippen LogP contribution in [0.2, 0.25) is 0 Å². The molecule has 116 valence electrons. The van der Waals surface area contributed by atoms with Crippen molar-refractivity contribution in [2.45, 2.75) is 51.2 Å². The summed E-state index contributed by atoms with van der Waals surface area (Å²) in [6, 6.07) is 8.28. The number of fused-ring (bicyclic) bond motifs is 1. The maximum Gasteiger partial charge on any atom is 0.408 e. The molecule has 2 atom stereocenters. The van der Waals surface area contributed by atoms with Gasteiger partial charge in [0, 0.05) is 13.0 Å². The van der Waals surface area contributed by atoms with Crippen LogP contribution in [0.4, 0.5) is 4.79 Å². The highest BCUT2D eigenvalue weighted by molar-refractivity contribution is 5.68. The van der Waals surface area contributed by atoms with Gasteiger partial charge in [-0.2, -0.15) is 0 Å². The predicted octanol–water partition coefficient (Wildman–Crippen LogP) is 3.78. The first-order valence-electron chi connectivity index (χ1n) is 7.48. The minimum absolute atomic E-state index is 0.0177. The molecule has 1 unspecified atom stereocenters. The SMILES string of the molecule is COCC1CC[C@H](NC(=O)OC(C)(C)C)c2ccccc21. The maximum absolute atomic E-state index is 12.0. The standard InChI is InChI=1S/C17H25NO3/c1-17(2,3)21-16(19)18-15-10-9-12(11-20-4)13-7-5-6-8-14(13)15/h5-8,12,15H,9-11H2,1-4H3,(H,18,19)/t12?,15-/m0/s1. The number of methoxy groups -OCH3 is 1. The number of alkyl carbamates (subject to hydrolysis) is 1.